The summed E-state index contributed by atoms with van der Waals surface area (Å²) < 4.78 is 13.2. The second-order valence-electron chi connectivity index (χ2n) is 5.26. The van der Waals surface area contributed by atoms with Gasteiger partial charge in [0.2, 0.25) is 0 Å². The summed E-state index contributed by atoms with van der Waals surface area (Å²) in [6, 6.07) is 6.36. The van der Waals surface area contributed by atoms with Gasteiger partial charge in [-0.15, -0.1) is 11.3 Å². The maximum Gasteiger partial charge on any atom is 0.303 e. The minimum Gasteiger partial charge on any atom is -0.481 e. The van der Waals surface area contributed by atoms with E-state index < -0.39 is 5.97 Å². The lowest BCUT2D eigenvalue weighted by molar-refractivity contribution is -0.137. The molecule has 0 atom stereocenters. The average molecular weight is 331 g/mol. The number of carbonyl (C=O) groups is 2. The number of carbonyl (C=O) groups excluding carboxylic acids is 1. The molecule has 0 radical (unpaired) electrons. The van der Waals surface area contributed by atoms with Gasteiger partial charge in [-0.05, 0) is 41.6 Å². The molecule has 0 aliphatic carbocycles. The fourth-order valence-electron chi connectivity index (χ4n) is 2.48. The molecule has 0 aliphatic heterocycles. The number of hydrogen-bond acceptors (Lipinski definition) is 3. The van der Waals surface area contributed by atoms with Crippen LogP contribution in [0.1, 0.15) is 28.9 Å². The van der Waals surface area contributed by atoms with E-state index in [9.17, 15) is 14.0 Å². The lowest BCUT2D eigenvalue weighted by atomic mass is 10.1. The fraction of sp³-hybridized carbons (Fsp3) is 0.176. The van der Waals surface area contributed by atoms with Gasteiger partial charge in [-0.1, -0.05) is 0 Å². The number of H-pyrrole nitrogens is 1. The molecule has 1 aromatic carbocycles. The maximum atomic E-state index is 13.2. The molecule has 2 N–H and O–H groups in total. The molecule has 23 heavy (non-hydrogen) atoms. The van der Waals surface area contributed by atoms with Gasteiger partial charge in [0.15, 0.2) is 5.78 Å². The lowest BCUT2D eigenvalue weighted by Crippen LogP contribution is -1.99. The Morgan fingerprint density at radius 3 is 2.83 bits per heavy atom. The minimum atomic E-state index is -0.893. The van der Waals surface area contributed by atoms with Crippen LogP contribution in [0.3, 0.4) is 0 Å². The molecule has 3 rings (SSSR count). The highest BCUT2D eigenvalue weighted by Crippen LogP contribution is 2.32. The van der Waals surface area contributed by atoms with Gasteiger partial charge in [-0.25, -0.2) is 4.39 Å². The first-order valence-electron chi connectivity index (χ1n) is 7.15. The fourth-order valence-corrected chi connectivity index (χ4v) is 3.36. The van der Waals surface area contributed by atoms with Crippen LogP contribution >= 0.6 is 11.3 Å². The Morgan fingerprint density at radius 2 is 2.04 bits per heavy atom. The molecule has 6 heteroatoms. The largest absolute Gasteiger partial charge is 0.481 e. The van der Waals surface area contributed by atoms with Gasteiger partial charge >= 0.3 is 5.97 Å². The zero-order valence-corrected chi connectivity index (χ0v) is 13.0. The average Bonchev–Trinajstić information content (AvgIpc) is 3.12. The highest BCUT2D eigenvalue weighted by molar-refractivity contribution is 7.12. The van der Waals surface area contributed by atoms with Crippen LogP contribution < -0.4 is 0 Å². The van der Waals surface area contributed by atoms with Crippen molar-refractivity contribution in [2.45, 2.75) is 19.3 Å². The number of carboxylic acid groups (broad SMARTS) is 1. The summed E-state index contributed by atoms with van der Waals surface area (Å²) in [6.45, 7) is 0. The molecule has 0 amide bonds. The van der Waals surface area contributed by atoms with Gasteiger partial charge < -0.3 is 10.1 Å². The number of rotatable bonds is 6. The van der Waals surface area contributed by atoms with E-state index in [0.29, 0.717) is 16.8 Å². The Balaban J connectivity index is 1.80. The van der Waals surface area contributed by atoms with Crippen LogP contribution in [0.15, 0.2) is 35.8 Å². The summed E-state index contributed by atoms with van der Waals surface area (Å²) in [7, 11) is 0. The van der Waals surface area contributed by atoms with E-state index in [2.05, 4.69) is 4.98 Å². The van der Waals surface area contributed by atoms with Crippen molar-refractivity contribution in [3.8, 4) is 11.1 Å². The zero-order chi connectivity index (χ0) is 16.4. The van der Waals surface area contributed by atoms with E-state index in [1.807, 2.05) is 5.38 Å². The molecular formula is C17H14FNO3S. The Labute approximate surface area is 135 Å². The highest BCUT2D eigenvalue weighted by atomic mass is 32.1. The van der Waals surface area contributed by atoms with Crippen LogP contribution in [-0.4, -0.2) is 21.8 Å². The quantitative estimate of drug-likeness (QED) is 0.655. The third-order valence-electron chi connectivity index (χ3n) is 3.62. The summed E-state index contributed by atoms with van der Waals surface area (Å²) in [4.78, 5) is 26.2. The number of carboxylic acids is 1. The number of hydrogen-bond donors (Lipinski definition) is 2. The molecule has 0 aliphatic rings. The minimum absolute atomic E-state index is 0.00200. The molecule has 0 bridgehead atoms. The summed E-state index contributed by atoms with van der Waals surface area (Å²) >= 11 is 1.34. The van der Waals surface area contributed by atoms with Crippen molar-refractivity contribution >= 4 is 34.0 Å². The number of aliphatic carboxylic acids is 1. The van der Waals surface area contributed by atoms with Crippen molar-refractivity contribution in [2.75, 3.05) is 0 Å². The summed E-state index contributed by atoms with van der Waals surface area (Å²) in [5.74, 6) is -1.24. The molecule has 0 fully saturated rings. The van der Waals surface area contributed by atoms with Gasteiger partial charge in [0.25, 0.3) is 0 Å². The summed E-state index contributed by atoms with van der Waals surface area (Å²) in [5, 5.41) is 11.4. The third-order valence-corrected chi connectivity index (χ3v) is 4.59. The van der Waals surface area contributed by atoms with Crippen LogP contribution in [0.5, 0.6) is 0 Å². The Bertz CT molecular complexity index is 881. The molecule has 0 unspecified atom stereocenters. The molecule has 4 nitrogen and oxygen atoms in total. The van der Waals surface area contributed by atoms with E-state index in [4.69, 9.17) is 5.11 Å². The van der Waals surface area contributed by atoms with Crippen molar-refractivity contribution in [1.82, 2.24) is 4.98 Å². The molecule has 0 saturated heterocycles. The number of aromatic amines is 1. The SMILES string of the molecule is O=C(O)CCCC(=O)c1cc(-c2c[nH]c3cc(F)ccc23)cs1. The predicted molar refractivity (Wildman–Crippen MR) is 87.4 cm³/mol. The second kappa shape index (κ2) is 6.34. The second-order valence-corrected chi connectivity index (χ2v) is 6.17. The third kappa shape index (κ3) is 3.32. The maximum absolute atomic E-state index is 13.2. The summed E-state index contributed by atoms with van der Waals surface area (Å²) in [5.41, 5.74) is 2.52. The summed E-state index contributed by atoms with van der Waals surface area (Å²) in [6.07, 6.45) is 2.36. The van der Waals surface area contributed by atoms with E-state index in [-0.39, 0.29) is 24.4 Å². The van der Waals surface area contributed by atoms with Crippen LogP contribution in [-0.2, 0) is 4.79 Å². The Hall–Kier alpha value is -2.47. The normalized spacial score (nSPS) is 11.0. The first kappa shape index (κ1) is 15.4. The number of fused-ring (bicyclic) bond motifs is 1. The number of benzene rings is 1. The van der Waals surface area contributed by atoms with Crippen molar-refractivity contribution < 1.29 is 19.1 Å². The number of halogens is 1. The van der Waals surface area contributed by atoms with Crippen molar-refractivity contribution in [2.24, 2.45) is 0 Å². The predicted octanol–water partition coefficient (Wildman–Crippen LogP) is 4.47. The number of nitrogens with one attached hydrogen (secondary N) is 1. The van der Waals surface area contributed by atoms with Gasteiger partial charge in [0.05, 0.1) is 4.88 Å². The molecule has 0 saturated carbocycles. The van der Waals surface area contributed by atoms with E-state index in [1.54, 1.807) is 18.3 Å². The van der Waals surface area contributed by atoms with Crippen molar-refractivity contribution in [1.29, 1.82) is 0 Å². The van der Waals surface area contributed by atoms with Gasteiger partial charge in [-0.3, -0.25) is 9.59 Å². The standard InChI is InChI=1S/C17H14FNO3S/c18-11-4-5-12-13(8-19-14(12)7-11)10-6-16(23-9-10)15(20)2-1-3-17(21)22/h4-9,19H,1-3H2,(H,21,22). The highest BCUT2D eigenvalue weighted by Gasteiger charge is 2.13. The molecule has 3 aromatic rings. The first-order valence-corrected chi connectivity index (χ1v) is 8.03. The van der Waals surface area contributed by atoms with Gasteiger partial charge in [0.1, 0.15) is 5.82 Å². The van der Waals surface area contributed by atoms with E-state index in [1.165, 1.54) is 23.5 Å². The molecule has 2 aromatic heterocycles. The van der Waals surface area contributed by atoms with Crippen LogP contribution in [0, 0.1) is 5.82 Å². The van der Waals surface area contributed by atoms with Gasteiger partial charge in [0, 0.05) is 35.5 Å². The Morgan fingerprint density at radius 1 is 1.22 bits per heavy atom. The van der Waals surface area contributed by atoms with Crippen LogP contribution in [0.2, 0.25) is 0 Å². The lowest BCUT2D eigenvalue weighted by Gasteiger charge is -1.97. The molecular weight excluding hydrogens is 317 g/mol. The monoisotopic (exact) mass is 331 g/mol. The molecule has 2 heterocycles. The number of ketones is 1. The number of Topliss-reactive ketones (excluding diaryl/α,β-unsaturated/α-hetero) is 1. The van der Waals surface area contributed by atoms with E-state index >= 15 is 0 Å². The van der Waals surface area contributed by atoms with Crippen molar-refractivity contribution in [3.63, 3.8) is 0 Å². The zero-order valence-electron chi connectivity index (χ0n) is 12.1. The topological polar surface area (TPSA) is 70.2 Å². The van der Waals surface area contributed by atoms with Crippen LogP contribution in [0.25, 0.3) is 22.0 Å². The van der Waals surface area contributed by atoms with Crippen LogP contribution in [0.4, 0.5) is 4.39 Å². The Kier molecular flexibility index (Phi) is 4.25. The molecule has 0 spiro atoms. The van der Waals surface area contributed by atoms with Gasteiger partial charge in [-0.2, -0.15) is 0 Å². The van der Waals surface area contributed by atoms with Crippen molar-refractivity contribution in [3.05, 3.63) is 46.5 Å². The first-order chi connectivity index (χ1) is 11.0. The van der Waals surface area contributed by atoms with E-state index in [0.717, 1.165) is 16.5 Å². The number of aromatic nitrogens is 1. The smallest absolute Gasteiger partial charge is 0.303 e. The number of thiophene rings is 1. The molecule has 118 valence electrons.